The highest BCUT2D eigenvalue weighted by atomic mass is 35.5. The van der Waals surface area contributed by atoms with Crippen LogP contribution in [-0.4, -0.2) is 66.0 Å². The summed E-state index contributed by atoms with van der Waals surface area (Å²) in [6.07, 6.45) is 5.71. The summed E-state index contributed by atoms with van der Waals surface area (Å²) in [6, 6.07) is 6.78. The molecule has 2 aromatic rings. The lowest BCUT2D eigenvalue weighted by molar-refractivity contribution is -0.123. The van der Waals surface area contributed by atoms with Gasteiger partial charge in [0, 0.05) is 31.2 Å². The predicted octanol–water partition coefficient (Wildman–Crippen LogP) is 2.32. The number of rotatable bonds is 3. The maximum absolute atomic E-state index is 13.1. The number of piperazine rings is 1. The van der Waals surface area contributed by atoms with E-state index in [4.69, 9.17) is 4.42 Å². The molecule has 3 atom stereocenters. The molecular formula is C22H30ClN5O3. The van der Waals surface area contributed by atoms with Gasteiger partial charge in [-0.05, 0) is 51.8 Å². The molecule has 0 radical (unpaired) electrons. The van der Waals surface area contributed by atoms with Gasteiger partial charge >= 0.3 is 0 Å². The largest absolute Gasteiger partial charge is 0.423 e. The van der Waals surface area contributed by atoms with Crippen molar-refractivity contribution in [3.05, 3.63) is 23.8 Å². The zero-order chi connectivity index (χ0) is 20.8. The van der Waals surface area contributed by atoms with Gasteiger partial charge in [-0.15, -0.1) is 12.4 Å². The number of nitrogens with one attached hydrogen (secondary N) is 2. The molecule has 0 saturated carbocycles. The lowest BCUT2D eigenvalue weighted by Gasteiger charge is -2.47. The summed E-state index contributed by atoms with van der Waals surface area (Å²) < 4.78 is 5.93. The first-order valence-electron chi connectivity index (χ1n) is 11.0. The van der Waals surface area contributed by atoms with Crippen LogP contribution >= 0.6 is 12.4 Å². The third-order valence-corrected chi connectivity index (χ3v) is 7.07. The fraction of sp³-hybridized carbons (Fsp3) is 0.591. The van der Waals surface area contributed by atoms with E-state index in [1.165, 1.54) is 19.3 Å². The number of fused-ring (bicyclic) bond motifs is 3. The van der Waals surface area contributed by atoms with Crippen molar-refractivity contribution in [1.82, 2.24) is 20.5 Å². The number of aromatic nitrogens is 1. The molecule has 0 spiro atoms. The van der Waals surface area contributed by atoms with E-state index in [1.807, 2.05) is 24.0 Å². The highest BCUT2D eigenvalue weighted by Crippen LogP contribution is 2.33. The van der Waals surface area contributed by atoms with Crippen LogP contribution in [-0.2, 0) is 4.79 Å². The highest BCUT2D eigenvalue weighted by Gasteiger charge is 2.37. The molecule has 2 N–H and O–H groups in total. The second-order valence-electron chi connectivity index (χ2n) is 8.85. The van der Waals surface area contributed by atoms with Gasteiger partial charge < -0.3 is 24.9 Å². The molecule has 3 aliphatic rings. The molecule has 9 heteroatoms. The van der Waals surface area contributed by atoms with Gasteiger partial charge in [0.15, 0.2) is 5.58 Å². The number of amides is 2. The molecule has 3 saturated heterocycles. The third kappa shape index (κ3) is 3.99. The first kappa shape index (κ1) is 21.9. The van der Waals surface area contributed by atoms with Gasteiger partial charge in [-0.3, -0.25) is 9.59 Å². The van der Waals surface area contributed by atoms with Crippen molar-refractivity contribution in [1.29, 1.82) is 0 Å². The van der Waals surface area contributed by atoms with E-state index in [2.05, 4.69) is 27.6 Å². The molecular weight excluding hydrogens is 418 g/mol. The van der Waals surface area contributed by atoms with E-state index < -0.39 is 0 Å². The number of nitrogens with zero attached hydrogens (tertiary/aromatic N) is 3. The zero-order valence-electron chi connectivity index (χ0n) is 18.0. The van der Waals surface area contributed by atoms with E-state index in [0.29, 0.717) is 47.9 Å². The summed E-state index contributed by atoms with van der Waals surface area (Å²) in [6.45, 7) is 3.00. The molecule has 8 nitrogen and oxygen atoms in total. The normalized spacial score (nSPS) is 28.7. The Morgan fingerprint density at radius 3 is 2.74 bits per heavy atom. The molecule has 1 aromatic carbocycles. The Labute approximate surface area is 188 Å². The first-order valence-corrected chi connectivity index (χ1v) is 11.0. The minimum atomic E-state index is -0.359. The number of anilines is 1. The van der Waals surface area contributed by atoms with Gasteiger partial charge in [0.1, 0.15) is 11.6 Å². The number of hydrogen-bond acceptors (Lipinski definition) is 6. The second-order valence-corrected chi connectivity index (χ2v) is 8.85. The van der Waals surface area contributed by atoms with Crippen molar-refractivity contribution in [3.63, 3.8) is 0 Å². The second kappa shape index (κ2) is 8.67. The van der Waals surface area contributed by atoms with Crippen LogP contribution in [0.3, 0.4) is 0 Å². The van der Waals surface area contributed by atoms with Crippen molar-refractivity contribution in [2.24, 2.45) is 0 Å². The van der Waals surface area contributed by atoms with Crippen LogP contribution < -0.4 is 15.5 Å². The topological polar surface area (TPSA) is 90.7 Å². The number of hydrogen-bond donors (Lipinski definition) is 2. The first-order chi connectivity index (χ1) is 14.5. The molecule has 31 heavy (non-hydrogen) atoms. The zero-order valence-corrected chi connectivity index (χ0v) is 18.8. The van der Waals surface area contributed by atoms with Crippen LogP contribution in [0.1, 0.15) is 49.4 Å². The monoisotopic (exact) mass is 447 g/mol. The lowest BCUT2D eigenvalue weighted by Crippen LogP contribution is -2.55. The minimum Gasteiger partial charge on any atom is -0.423 e. The molecule has 2 amide bonds. The van der Waals surface area contributed by atoms with Gasteiger partial charge in [-0.25, -0.2) is 0 Å². The molecule has 3 aliphatic heterocycles. The van der Waals surface area contributed by atoms with Gasteiger partial charge in [0.05, 0.1) is 5.56 Å². The van der Waals surface area contributed by atoms with Crippen LogP contribution in [0.5, 0.6) is 0 Å². The van der Waals surface area contributed by atoms with E-state index in [0.717, 1.165) is 12.8 Å². The fourth-order valence-electron chi connectivity index (χ4n) is 5.28. The Bertz CT molecular complexity index is 965. The summed E-state index contributed by atoms with van der Waals surface area (Å²) in [5, 5.41) is 6.10. The minimum absolute atomic E-state index is 0. The van der Waals surface area contributed by atoms with E-state index in [1.54, 1.807) is 6.07 Å². The smallest absolute Gasteiger partial charge is 0.299 e. The quantitative estimate of drug-likeness (QED) is 0.750. The van der Waals surface area contributed by atoms with Crippen molar-refractivity contribution in [2.45, 2.75) is 63.2 Å². The number of carbonyl (C=O) groups excluding carboxylic acids is 2. The van der Waals surface area contributed by atoms with Gasteiger partial charge in [-0.2, -0.15) is 4.98 Å². The Hall–Kier alpha value is -2.32. The van der Waals surface area contributed by atoms with Crippen molar-refractivity contribution >= 4 is 41.3 Å². The van der Waals surface area contributed by atoms with Gasteiger partial charge in [0.25, 0.3) is 11.9 Å². The number of carbonyl (C=O) groups is 2. The molecule has 0 aliphatic carbocycles. The molecule has 2 bridgehead atoms. The summed E-state index contributed by atoms with van der Waals surface area (Å²) in [5.41, 5.74) is 1.65. The molecule has 168 valence electrons. The van der Waals surface area contributed by atoms with Crippen molar-refractivity contribution in [2.75, 3.05) is 25.0 Å². The molecule has 1 aromatic heterocycles. The Balaban J connectivity index is 0.00000231. The fourth-order valence-corrected chi connectivity index (χ4v) is 5.28. The van der Waals surface area contributed by atoms with Crippen molar-refractivity contribution in [3.8, 4) is 0 Å². The average molecular weight is 448 g/mol. The molecule has 2 unspecified atom stereocenters. The summed E-state index contributed by atoms with van der Waals surface area (Å²) >= 11 is 0. The van der Waals surface area contributed by atoms with Crippen LogP contribution in [0.25, 0.3) is 11.1 Å². The van der Waals surface area contributed by atoms with Gasteiger partial charge in [-0.1, -0.05) is 12.5 Å². The van der Waals surface area contributed by atoms with E-state index in [9.17, 15) is 9.59 Å². The Morgan fingerprint density at radius 1 is 1.26 bits per heavy atom. The third-order valence-electron chi connectivity index (χ3n) is 7.07. The number of para-hydroxylation sites is 1. The maximum Gasteiger partial charge on any atom is 0.299 e. The SMILES string of the molecule is C[C@H]1C(=O)NCCN1c1nc2c(C(=O)NC3CC4CCCC(C3)N4C)cccc2o1.Cl. The van der Waals surface area contributed by atoms with Crippen LogP contribution in [0.4, 0.5) is 6.01 Å². The number of halogens is 1. The number of benzene rings is 1. The lowest BCUT2D eigenvalue weighted by atomic mass is 9.82. The maximum atomic E-state index is 13.1. The van der Waals surface area contributed by atoms with Crippen molar-refractivity contribution < 1.29 is 14.0 Å². The number of oxazole rings is 1. The molecule has 3 fully saturated rings. The average Bonchev–Trinajstić information content (AvgIpc) is 3.14. The number of piperidine rings is 2. The highest BCUT2D eigenvalue weighted by molar-refractivity contribution is 6.05. The van der Waals surface area contributed by atoms with Gasteiger partial charge in [0.2, 0.25) is 5.91 Å². The van der Waals surface area contributed by atoms with Crippen LogP contribution in [0.2, 0.25) is 0 Å². The Morgan fingerprint density at radius 2 is 2.00 bits per heavy atom. The standard InChI is InChI=1S/C22H29N5O3.ClH/c1-13-20(28)23-9-10-27(13)22-25-19-17(7-4-8-18(19)30-22)21(29)24-14-11-15-5-3-6-16(12-14)26(15)2;/h4,7-8,13-16H,3,5-6,9-12H2,1-2H3,(H,23,28)(H,24,29);1H/t13-,14?,15?,16?;/m0./s1. The van der Waals surface area contributed by atoms with Crippen LogP contribution in [0.15, 0.2) is 22.6 Å². The summed E-state index contributed by atoms with van der Waals surface area (Å²) in [4.78, 5) is 34.1. The van der Waals surface area contributed by atoms with Crippen LogP contribution in [0, 0.1) is 0 Å². The predicted molar refractivity (Wildman–Crippen MR) is 121 cm³/mol. The Kier molecular flexibility index (Phi) is 6.12. The van der Waals surface area contributed by atoms with E-state index in [-0.39, 0.29) is 36.3 Å². The molecule has 4 heterocycles. The van der Waals surface area contributed by atoms with E-state index >= 15 is 0 Å². The summed E-state index contributed by atoms with van der Waals surface area (Å²) in [7, 11) is 2.21. The summed E-state index contributed by atoms with van der Waals surface area (Å²) in [5.74, 6) is -0.146. The molecule has 5 rings (SSSR count).